The fraction of sp³-hybridized carbons (Fsp3) is 0.227. The highest BCUT2D eigenvalue weighted by Crippen LogP contribution is 2.26. The Balaban J connectivity index is 1.79. The normalized spacial score (nSPS) is 12.5. The number of benzene rings is 2. The Morgan fingerprint density at radius 3 is 2.47 bits per heavy atom. The van der Waals surface area contributed by atoms with E-state index in [1.54, 1.807) is 44.2 Å². The predicted molar refractivity (Wildman–Crippen MR) is 109 cm³/mol. The zero-order valence-electron chi connectivity index (χ0n) is 16.6. The first kappa shape index (κ1) is 20.7. The summed E-state index contributed by atoms with van der Waals surface area (Å²) in [5.74, 6) is -1.64. The summed E-state index contributed by atoms with van der Waals surface area (Å²) in [4.78, 5) is 50.4. The van der Waals surface area contributed by atoms with Gasteiger partial charge in [-0.15, -0.1) is 0 Å². The molecule has 3 rings (SSSR count). The molecule has 0 aromatic heterocycles. The Bertz CT molecular complexity index is 1080. The summed E-state index contributed by atoms with van der Waals surface area (Å²) in [7, 11) is 0. The van der Waals surface area contributed by atoms with Gasteiger partial charge >= 0.3 is 0 Å². The molecule has 2 aromatic rings. The quantitative estimate of drug-likeness (QED) is 0.717. The van der Waals surface area contributed by atoms with E-state index >= 15 is 0 Å². The summed E-state index contributed by atoms with van der Waals surface area (Å²) in [6.45, 7) is 3.65. The minimum Gasteiger partial charge on any atom is -0.351 e. The van der Waals surface area contributed by atoms with Crippen molar-refractivity contribution in [2.24, 2.45) is 0 Å². The summed E-state index contributed by atoms with van der Waals surface area (Å²) < 4.78 is 0. The molecule has 0 saturated heterocycles. The number of nitriles is 1. The fourth-order valence-electron chi connectivity index (χ4n) is 3.19. The van der Waals surface area contributed by atoms with Gasteiger partial charge in [0.05, 0.1) is 17.2 Å². The van der Waals surface area contributed by atoms with Crippen molar-refractivity contribution in [2.75, 3.05) is 5.32 Å². The Hall–Kier alpha value is -3.99. The molecule has 0 saturated carbocycles. The number of para-hydroxylation sites is 1. The van der Waals surface area contributed by atoms with E-state index in [9.17, 15) is 19.2 Å². The second-order valence-corrected chi connectivity index (χ2v) is 7.06. The fourth-order valence-corrected chi connectivity index (χ4v) is 3.19. The van der Waals surface area contributed by atoms with Crippen LogP contribution in [0.5, 0.6) is 0 Å². The minimum atomic E-state index is -0.447. The van der Waals surface area contributed by atoms with Crippen LogP contribution in [0.15, 0.2) is 42.5 Å². The van der Waals surface area contributed by atoms with E-state index in [4.69, 9.17) is 5.26 Å². The number of hydrogen-bond donors (Lipinski definition) is 2. The summed E-state index contributed by atoms with van der Waals surface area (Å²) in [5.41, 5.74) is 1.88. The smallest absolute Gasteiger partial charge is 0.261 e. The van der Waals surface area contributed by atoms with Gasteiger partial charge in [-0.05, 0) is 43.7 Å². The van der Waals surface area contributed by atoms with Gasteiger partial charge in [0.2, 0.25) is 5.91 Å². The molecule has 8 heteroatoms. The lowest BCUT2D eigenvalue weighted by molar-refractivity contribution is -0.120. The molecule has 1 aliphatic heterocycles. The molecule has 1 aliphatic rings. The summed E-state index contributed by atoms with van der Waals surface area (Å²) in [5, 5.41) is 13.9. The maximum absolute atomic E-state index is 12.8. The molecule has 0 unspecified atom stereocenters. The number of carbonyl (C=O) groups is 4. The third-order valence-electron chi connectivity index (χ3n) is 4.68. The molecule has 0 bridgehead atoms. The predicted octanol–water partition coefficient (Wildman–Crippen LogP) is 2.47. The van der Waals surface area contributed by atoms with Gasteiger partial charge in [0.1, 0.15) is 6.42 Å². The second kappa shape index (κ2) is 8.57. The van der Waals surface area contributed by atoms with Gasteiger partial charge in [-0.1, -0.05) is 18.2 Å². The highest BCUT2D eigenvalue weighted by molar-refractivity contribution is 6.22. The van der Waals surface area contributed by atoms with Crippen molar-refractivity contribution in [3.8, 4) is 6.07 Å². The number of hydrogen-bond acceptors (Lipinski definition) is 5. The Labute approximate surface area is 173 Å². The van der Waals surface area contributed by atoms with Crippen LogP contribution in [0.1, 0.15) is 56.9 Å². The average Bonchev–Trinajstić information content (AvgIpc) is 2.97. The third kappa shape index (κ3) is 4.05. The van der Waals surface area contributed by atoms with Crippen molar-refractivity contribution in [1.29, 1.82) is 5.26 Å². The van der Waals surface area contributed by atoms with E-state index < -0.39 is 17.7 Å². The summed E-state index contributed by atoms with van der Waals surface area (Å²) in [6.07, 6.45) is -0.246. The van der Waals surface area contributed by atoms with Crippen LogP contribution >= 0.6 is 0 Å². The van der Waals surface area contributed by atoms with Crippen LogP contribution in [0.4, 0.5) is 5.69 Å². The first-order valence-corrected chi connectivity index (χ1v) is 9.38. The number of amides is 4. The van der Waals surface area contributed by atoms with Crippen LogP contribution < -0.4 is 10.6 Å². The van der Waals surface area contributed by atoms with Gasteiger partial charge < -0.3 is 10.6 Å². The van der Waals surface area contributed by atoms with Gasteiger partial charge in [-0.25, -0.2) is 0 Å². The highest BCUT2D eigenvalue weighted by Gasteiger charge is 2.37. The third-order valence-corrected chi connectivity index (χ3v) is 4.68. The van der Waals surface area contributed by atoms with Gasteiger partial charge in [-0.3, -0.25) is 24.1 Å². The van der Waals surface area contributed by atoms with Crippen molar-refractivity contribution >= 4 is 29.3 Å². The number of anilines is 1. The molecule has 0 atom stereocenters. The number of carbonyl (C=O) groups excluding carboxylic acids is 4. The average molecular weight is 404 g/mol. The Kier molecular flexibility index (Phi) is 5.93. The number of fused-ring (bicyclic) bond motifs is 1. The van der Waals surface area contributed by atoms with E-state index in [0.29, 0.717) is 11.3 Å². The number of rotatable bonds is 6. The molecule has 0 spiro atoms. The van der Waals surface area contributed by atoms with Crippen LogP contribution in [0.25, 0.3) is 0 Å². The largest absolute Gasteiger partial charge is 0.351 e. The molecule has 1 heterocycles. The van der Waals surface area contributed by atoms with Crippen molar-refractivity contribution in [3.63, 3.8) is 0 Å². The van der Waals surface area contributed by atoms with Crippen LogP contribution in [-0.2, 0) is 11.3 Å². The zero-order chi connectivity index (χ0) is 21.8. The maximum Gasteiger partial charge on any atom is 0.261 e. The summed E-state index contributed by atoms with van der Waals surface area (Å²) >= 11 is 0. The molecule has 2 N–H and O–H groups in total. The number of imide groups is 1. The van der Waals surface area contributed by atoms with Crippen molar-refractivity contribution in [3.05, 3.63) is 64.7 Å². The van der Waals surface area contributed by atoms with Gasteiger partial charge in [0.25, 0.3) is 17.7 Å². The van der Waals surface area contributed by atoms with Crippen LogP contribution in [-0.4, -0.2) is 34.6 Å². The summed E-state index contributed by atoms with van der Waals surface area (Å²) in [6, 6.07) is 12.8. The van der Waals surface area contributed by atoms with Crippen molar-refractivity contribution in [1.82, 2.24) is 10.2 Å². The van der Waals surface area contributed by atoms with E-state index in [0.717, 1.165) is 0 Å². The van der Waals surface area contributed by atoms with Crippen LogP contribution in [0, 0.1) is 11.3 Å². The molecule has 152 valence electrons. The standard InChI is InChI=1S/C22H20N4O4/c1-13(2)26-21(29)16-8-7-14(11-17(16)22(26)30)20(28)25-18-6-4-3-5-15(18)12-24-19(27)9-10-23/h3-8,11,13H,9,12H2,1-2H3,(H,24,27)(H,25,28). The Morgan fingerprint density at radius 1 is 1.07 bits per heavy atom. The van der Waals surface area contributed by atoms with Crippen LogP contribution in [0.3, 0.4) is 0 Å². The molecule has 8 nitrogen and oxygen atoms in total. The SMILES string of the molecule is CC(C)N1C(=O)c2ccc(C(=O)Nc3ccccc3CNC(=O)CC#N)cc2C1=O. The molecular formula is C22H20N4O4. The van der Waals surface area contributed by atoms with E-state index in [1.807, 2.05) is 0 Å². The van der Waals surface area contributed by atoms with Gasteiger partial charge in [-0.2, -0.15) is 5.26 Å². The van der Waals surface area contributed by atoms with E-state index in [1.165, 1.54) is 23.1 Å². The Morgan fingerprint density at radius 2 is 1.77 bits per heavy atom. The molecule has 30 heavy (non-hydrogen) atoms. The molecule has 2 aromatic carbocycles. The monoisotopic (exact) mass is 404 g/mol. The first-order valence-electron chi connectivity index (χ1n) is 9.38. The molecule has 0 aliphatic carbocycles. The minimum absolute atomic E-state index is 0.150. The van der Waals surface area contributed by atoms with Gasteiger partial charge in [0, 0.05) is 23.8 Å². The number of nitrogens with one attached hydrogen (secondary N) is 2. The lowest BCUT2D eigenvalue weighted by atomic mass is 10.0. The topological polar surface area (TPSA) is 119 Å². The maximum atomic E-state index is 12.8. The van der Waals surface area contributed by atoms with Crippen molar-refractivity contribution in [2.45, 2.75) is 32.9 Å². The van der Waals surface area contributed by atoms with E-state index in [2.05, 4.69) is 10.6 Å². The lowest BCUT2D eigenvalue weighted by Crippen LogP contribution is -2.35. The van der Waals surface area contributed by atoms with Gasteiger partial charge in [0.15, 0.2) is 0 Å². The zero-order valence-corrected chi connectivity index (χ0v) is 16.6. The lowest BCUT2D eigenvalue weighted by Gasteiger charge is -2.17. The molecule has 0 fully saturated rings. The van der Waals surface area contributed by atoms with E-state index in [-0.39, 0.29) is 41.6 Å². The molecule has 4 amide bonds. The second-order valence-electron chi connectivity index (χ2n) is 7.06. The number of nitrogens with zero attached hydrogens (tertiary/aromatic N) is 2. The highest BCUT2D eigenvalue weighted by atomic mass is 16.2. The van der Waals surface area contributed by atoms with Crippen LogP contribution in [0.2, 0.25) is 0 Å². The molecular weight excluding hydrogens is 384 g/mol. The van der Waals surface area contributed by atoms with Crippen molar-refractivity contribution < 1.29 is 19.2 Å². The first-order chi connectivity index (χ1) is 14.3. The molecule has 0 radical (unpaired) electrons.